The first-order valence-electron chi connectivity index (χ1n) is 8.01. The first kappa shape index (κ1) is 16.1. The summed E-state index contributed by atoms with van der Waals surface area (Å²) in [5.74, 6) is 1.25. The van der Waals surface area contributed by atoms with E-state index < -0.39 is 0 Å². The Morgan fingerprint density at radius 1 is 1.12 bits per heavy atom. The van der Waals surface area contributed by atoms with Gasteiger partial charge in [-0.05, 0) is 56.2 Å². The van der Waals surface area contributed by atoms with Crippen LogP contribution < -0.4 is 10.1 Å². The second-order valence-electron chi connectivity index (χ2n) is 6.01. The molecule has 0 unspecified atom stereocenters. The lowest BCUT2D eigenvalue weighted by atomic mass is 10.1. The zero-order chi connectivity index (χ0) is 17.1. The summed E-state index contributed by atoms with van der Waals surface area (Å²) in [4.78, 5) is 12.1. The average Bonchev–Trinajstić information content (AvgIpc) is 3.00. The number of ether oxygens (including phenoxy) is 1. The predicted octanol–water partition coefficient (Wildman–Crippen LogP) is 4.31. The highest BCUT2D eigenvalue weighted by atomic mass is 16.5. The second kappa shape index (κ2) is 6.79. The number of furan rings is 1. The van der Waals surface area contributed by atoms with Crippen LogP contribution in [0.4, 0.5) is 0 Å². The van der Waals surface area contributed by atoms with E-state index in [1.54, 1.807) is 0 Å². The molecule has 4 nitrogen and oxygen atoms in total. The van der Waals surface area contributed by atoms with Crippen LogP contribution in [0.3, 0.4) is 0 Å². The molecule has 4 heteroatoms. The molecule has 0 spiro atoms. The highest BCUT2D eigenvalue weighted by Crippen LogP contribution is 2.23. The lowest BCUT2D eigenvalue weighted by Crippen LogP contribution is -2.31. The van der Waals surface area contributed by atoms with Gasteiger partial charge in [0.05, 0.1) is 6.04 Å². The lowest BCUT2D eigenvalue weighted by molar-refractivity contribution is -0.123. The van der Waals surface area contributed by atoms with Gasteiger partial charge < -0.3 is 14.5 Å². The number of carbonyl (C=O) groups is 1. The number of rotatable bonds is 5. The van der Waals surface area contributed by atoms with Gasteiger partial charge in [-0.1, -0.05) is 24.3 Å². The average molecular weight is 323 g/mol. The number of hydrogen-bond donors (Lipinski definition) is 1. The van der Waals surface area contributed by atoms with Gasteiger partial charge in [0.2, 0.25) is 0 Å². The van der Waals surface area contributed by atoms with Gasteiger partial charge in [0, 0.05) is 5.39 Å². The van der Waals surface area contributed by atoms with E-state index in [0.717, 1.165) is 22.3 Å². The fraction of sp³-hybridized carbons (Fsp3) is 0.250. The van der Waals surface area contributed by atoms with Crippen LogP contribution in [0.25, 0.3) is 11.0 Å². The molecule has 0 fully saturated rings. The molecule has 0 aliphatic heterocycles. The highest BCUT2D eigenvalue weighted by Gasteiger charge is 2.14. The van der Waals surface area contributed by atoms with Crippen LogP contribution in [0.2, 0.25) is 0 Å². The molecule has 0 bridgehead atoms. The van der Waals surface area contributed by atoms with E-state index in [4.69, 9.17) is 9.15 Å². The molecular formula is C20H21NO3. The maximum atomic E-state index is 12.1. The Balaban J connectivity index is 1.58. The van der Waals surface area contributed by atoms with Crippen LogP contribution in [-0.4, -0.2) is 12.5 Å². The maximum absolute atomic E-state index is 12.1. The Bertz CT molecular complexity index is 833. The summed E-state index contributed by atoms with van der Waals surface area (Å²) < 4.78 is 11.3. The van der Waals surface area contributed by atoms with Crippen LogP contribution in [-0.2, 0) is 4.79 Å². The highest BCUT2D eigenvalue weighted by molar-refractivity contribution is 5.79. The van der Waals surface area contributed by atoms with E-state index in [2.05, 4.69) is 5.32 Å². The minimum Gasteiger partial charge on any atom is -0.484 e. The first-order chi connectivity index (χ1) is 11.5. The quantitative estimate of drug-likeness (QED) is 0.761. The fourth-order valence-corrected chi connectivity index (χ4v) is 2.52. The van der Waals surface area contributed by atoms with Crippen molar-refractivity contribution in [2.45, 2.75) is 26.8 Å². The second-order valence-corrected chi connectivity index (χ2v) is 6.01. The molecule has 0 saturated heterocycles. The van der Waals surface area contributed by atoms with Crippen LogP contribution >= 0.6 is 0 Å². The molecular weight excluding hydrogens is 302 g/mol. The van der Waals surface area contributed by atoms with E-state index in [9.17, 15) is 4.79 Å². The normalized spacial score (nSPS) is 12.1. The maximum Gasteiger partial charge on any atom is 0.258 e. The standard InChI is InChI=1S/C20H21NO3/c1-13-8-9-17(10-14(13)2)23-12-20(22)21-15(3)19-11-16-6-4-5-7-18(16)24-19/h4-11,15H,12H2,1-3H3,(H,21,22)/t15-/m1/s1. The first-order valence-corrected chi connectivity index (χ1v) is 8.01. The Kier molecular flexibility index (Phi) is 4.56. The Morgan fingerprint density at radius 2 is 1.92 bits per heavy atom. The van der Waals surface area contributed by atoms with E-state index in [0.29, 0.717) is 5.75 Å². The summed E-state index contributed by atoms with van der Waals surface area (Å²) in [5.41, 5.74) is 3.16. The van der Waals surface area contributed by atoms with Gasteiger partial charge in [0.15, 0.2) is 6.61 Å². The van der Waals surface area contributed by atoms with Crippen molar-refractivity contribution in [1.29, 1.82) is 0 Å². The number of fused-ring (bicyclic) bond motifs is 1. The fourth-order valence-electron chi connectivity index (χ4n) is 2.52. The molecule has 1 amide bonds. The molecule has 0 aliphatic carbocycles. The van der Waals surface area contributed by atoms with Crippen molar-refractivity contribution in [2.75, 3.05) is 6.61 Å². The third-order valence-electron chi connectivity index (χ3n) is 4.10. The molecule has 1 N–H and O–H groups in total. The summed E-state index contributed by atoms with van der Waals surface area (Å²) >= 11 is 0. The van der Waals surface area contributed by atoms with Crippen molar-refractivity contribution in [2.24, 2.45) is 0 Å². The zero-order valence-electron chi connectivity index (χ0n) is 14.1. The summed E-state index contributed by atoms with van der Waals surface area (Å²) in [6, 6.07) is 15.3. The smallest absolute Gasteiger partial charge is 0.258 e. The van der Waals surface area contributed by atoms with E-state index in [1.165, 1.54) is 5.56 Å². The van der Waals surface area contributed by atoms with Crippen molar-refractivity contribution in [1.82, 2.24) is 5.32 Å². The van der Waals surface area contributed by atoms with Gasteiger partial charge in [-0.25, -0.2) is 0 Å². The molecule has 0 saturated carbocycles. The van der Waals surface area contributed by atoms with Gasteiger partial charge in [0.1, 0.15) is 17.1 Å². The van der Waals surface area contributed by atoms with Crippen molar-refractivity contribution in [3.8, 4) is 5.75 Å². The van der Waals surface area contributed by atoms with E-state index in [1.807, 2.05) is 69.3 Å². The molecule has 0 aliphatic rings. The molecule has 24 heavy (non-hydrogen) atoms. The molecule has 1 atom stereocenters. The van der Waals surface area contributed by atoms with E-state index in [-0.39, 0.29) is 18.6 Å². The third-order valence-corrected chi connectivity index (χ3v) is 4.10. The number of amides is 1. The molecule has 0 radical (unpaired) electrons. The van der Waals surface area contributed by atoms with Gasteiger partial charge in [-0.2, -0.15) is 0 Å². The molecule has 124 valence electrons. The molecule has 1 aromatic heterocycles. The van der Waals surface area contributed by atoms with Crippen molar-refractivity contribution < 1.29 is 13.9 Å². The topological polar surface area (TPSA) is 51.5 Å². The zero-order valence-corrected chi connectivity index (χ0v) is 14.1. The van der Waals surface area contributed by atoms with Crippen molar-refractivity contribution in [3.05, 3.63) is 65.4 Å². The molecule has 3 aromatic rings. The van der Waals surface area contributed by atoms with Crippen LogP contribution in [0, 0.1) is 13.8 Å². The third kappa shape index (κ3) is 3.59. The minimum absolute atomic E-state index is 0.0208. The number of benzene rings is 2. The number of nitrogens with one attached hydrogen (secondary N) is 1. The minimum atomic E-state index is -0.215. The Labute approximate surface area is 141 Å². The van der Waals surface area contributed by atoms with E-state index >= 15 is 0 Å². The van der Waals surface area contributed by atoms with Crippen LogP contribution in [0.1, 0.15) is 29.9 Å². The SMILES string of the molecule is Cc1ccc(OCC(=O)N[C@H](C)c2cc3ccccc3o2)cc1C. The van der Waals surface area contributed by atoms with Gasteiger partial charge >= 0.3 is 0 Å². The van der Waals surface area contributed by atoms with Gasteiger partial charge in [0.25, 0.3) is 5.91 Å². The number of hydrogen-bond acceptors (Lipinski definition) is 3. The van der Waals surface area contributed by atoms with Gasteiger partial charge in [-0.15, -0.1) is 0 Å². The summed E-state index contributed by atoms with van der Waals surface area (Å²) in [6.45, 7) is 5.94. The number of aryl methyl sites for hydroxylation is 2. The molecule has 3 rings (SSSR count). The Morgan fingerprint density at radius 3 is 2.67 bits per heavy atom. The molecule has 1 heterocycles. The van der Waals surface area contributed by atoms with Crippen LogP contribution in [0.15, 0.2) is 52.9 Å². The Hall–Kier alpha value is -2.75. The lowest BCUT2D eigenvalue weighted by Gasteiger charge is -2.12. The van der Waals surface area contributed by atoms with Gasteiger partial charge in [-0.3, -0.25) is 4.79 Å². The largest absolute Gasteiger partial charge is 0.484 e. The molecule has 2 aromatic carbocycles. The number of carbonyl (C=O) groups excluding carboxylic acids is 1. The van der Waals surface area contributed by atoms with Crippen LogP contribution in [0.5, 0.6) is 5.75 Å². The summed E-state index contributed by atoms with van der Waals surface area (Å²) in [7, 11) is 0. The summed E-state index contributed by atoms with van der Waals surface area (Å²) in [5, 5.41) is 3.92. The summed E-state index contributed by atoms with van der Waals surface area (Å²) in [6.07, 6.45) is 0. The van der Waals surface area contributed by atoms with Crippen molar-refractivity contribution in [3.63, 3.8) is 0 Å². The predicted molar refractivity (Wildman–Crippen MR) is 94.2 cm³/mol. The monoisotopic (exact) mass is 323 g/mol. The number of para-hydroxylation sites is 1. The van der Waals surface area contributed by atoms with Crippen molar-refractivity contribution >= 4 is 16.9 Å².